The maximum Gasteiger partial charge on any atom is 0.310 e. The van der Waals surface area contributed by atoms with E-state index in [-0.39, 0.29) is 6.47 Å². The standard InChI is InChI=1S/C3H4O3.CHCl3/c1-3(5)6-2-4;2-1(3)4/h2H,1H3;1H. The van der Waals surface area contributed by atoms with Gasteiger partial charge in [-0.05, 0) is 0 Å². The minimum Gasteiger partial charge on any atom is -0.396 e. The topological polar surface area (TPSA) is 43.4 Å². The van der Waals surface area contributed by atoms with Crippen LogP contribution in [-0.4, -0.2) is 16.7 Å². The molecule has 0 aromatic heterocycles. The van der Waals surface area contributed by atoms with E-state index in [4.69, 9.17) is 34.8 Å². The minimum absolute atomic E-state index is 0.0995. The fourth-order valence-electron chi connectivity index (χ4n) is 0.0678. The molecule has 0 aliphatic heterocycles. The summed E-state index contributed by atoms with van der Waals surface area (Å²) in [4.78, 5) is 18.8. The monoisotopic (exact) mass is 206 g/mol. The van der Waals surface area contributed by atoms with E-state index in [1.807, 2.05) is 0 Å². The van der Waals surface area contributed by atoms with Gasteiger partial charge in [-0.3, -0.25) is 9.59 Å². The second kappa shape index (κ2) is 9.01. The SMILES string of the molecule is CC(=O)OC=O.ClC(Cl)Cl. The largest absolute Gasteiger partial charge is 0.396 e. The fourth-order valence-corrected chi connectivity index (χ4v) is 0.0678. The number of rotatable bonds is 1. The molecule has 0 aliphatic carbocycles. The number of carbonyl (C=O) groups is 2. The molecule has 0 unspecified atom stereocenters. The van der Waals surface area contributed by atoms with E-state index in [9.17, 15) is 9.59 Å². The molecule has 0 fully saturated rings. The first kappa shape index (κ1) is 12.7. The van der Waals surface area contributed by atoms with Gasteiger partial charge < -0.3 is 4.74 Å². The van der Waals surface area contributed by atoms with Crippen LogP contribution in [0.15, 0.2) is 0 Å². The van der Waals surface area contributed by atoms with Crippen molar-refractivity contribution in [1.29, 1.82) is 0 Å². The van der Waals surface area contributed by atoms with E-state index >= 15 is 0 Å². The normalized spacial score (nSPS) is 7.70. The van der Waals surface area contributed by atoms with Gasteiger partial charge in [-0.2, -0.15) is 0 Å². The van der Waals surface area contributed by atoms with Crippen LogP contribution < -0.4 is 0 Å². The third-order valence-electron chi connectivity index (χ3n) is 0.214. The zero-order chi connectivity index (χ0) is 8.57. The van der Waals surface area contributed by atoms with E-state index < -0.39 is 10.3 Å². The molecule has 10 heavy (non-hydrogen) atoms. The Balaban J connectivity index is 0. The first-order valence-corrected chi connectivity index (χ1v) is 3.34. The molecule has 0 aliphatic rings. The van der Waals surface area contributed by atoms with Gasteiger partial charge in [0.05, 0.1) is 0 Å². The molecule has 6 heteroatoms. The molecule has 0 saturated heterocycles. The molecule has 0 amide bonds. The Bertz CT molecular complexity index is 101. The third-order valence-corrected chi connectivity index (χ3v) is 0.214. The Morgan fingerprint density at radius 1 is 1.50 bits per heavy atom. The highest BCUT2D eigenvalue weighted by atomic mass is 35.6. The van der Waals surface area contributed by atoms with Crippen molar-refractivity contribution < 1.29 is 14.3 Å². The average Bonchev–Trinajstić information content (AvgIpc) is 1.62. The van der Waals surface area contributed by atoms with Gasteiger partial charge in [0.15, 0.2) is 4.30 Å². The molecule has 0 rings (SSSR count). The molecular formula is C4H5Cl3O3. The molecule has 0 aromatic carbocycles. The highest BCUT2D eigenvalue weighted by Gasteiger charge is 1.82. The van der Waals surface area contributed by atoms with E-state index in [2.05, 4.69) is 4.74 Å². The Morgan fingerprint density at radius 3 is 1.80 bits per heavy atom. The predicted molar refractivity (Wildman–Crippen MR) is 39.2 cm³/mol. The van der Waals surface area contributed by atoms with Crippen LogP contribution in [0.25, 0.3) is 0 Å². The Labute approximate surface area is 73.2 Å². The maximum atomic E-state index is 9.59. The van der Waals surface area contributed by atoms with Crippen molar-refractivity contribution in [2.75, 3.05) is 0 Å². The lowest BCUT2D eigenvalue weighted by Gasteiger charge is -1.78. The summed E-state index contributed by atoms with van der Waals surface area (Å²) in [7, 11) is 0. The van der Waals surface area contributed by atoms with Crippen molar-refractivity contribution in [3.63, 3.8) is 0 Å². The summed E-state index contributed by atoms with van der Waals surface area (Å²) >= 11 is 14.4. The summed E-state index contributed by atoms with van der Waals surface area (Å²) in [5.74, 6) is -0.579. The van der Waals surface area contributed by atoms with Gasteiger partial charge in [0.2, 0.25) is 0 Å². The maximum absolute atomic E-state index is 9.59. The number of halogens is 3. The van der Waals surface area contributed by atoms with Crippen molar-refractivity contribution in [1.82, 2.24) is 0 Å². The number of hydrogen-bond donors (Lipinski definition) is 0. The summed E-state index contributed by atoms with van der Waals surface area (Å²) in [6.45, 7) is 1.26. The fraction of sp³-hybridized carbons (Fsp3) is 0.500. The minimum atomic E-state index is -0.750. The van der Waals surface area contributed by atoms with Gasteiger partial charge in [-0.15, -0.1) is 0 Å². The van der Waals surface area contributed by atoms with Crippen molar-refractivity contribution >= 4 is 47.2 Å². The lowest BCUT2D eigenvalue weighted by Crippen LogP contribution is -1.93. The molecule has 0 heterocycles. The molecule has 0 aromatic rings. The van der Waals surface area contributed by atoms with Crippen LogP contribution in [0.1, 0.15) is 6.92 Å². The molecule has 3 nitrogen and oxygen atoms in total. The van der Waals surface area contributed by atoms with Crippen LogP contribution in [0.5, 0.6) is 0 Å². The van der Waals surface area contributed by atoms with Crippen LogP contribution >= 0.6 is 34.8 Å². The number of hydrogen-bond acceptors (Lipinski definition) is 3. The van der Waals surface area contributed by atoms with Crippen LogP contribution in [0.3, 0.4) is 0 Å². The average molecular weight is 207 g/mol. The van der Waals surface area contributed by atoms with E-state index in [0.29, 0.717) is 0 Å². The summed E-state index contributed by atoms with van der Waals surface area (Å²) < 4.78 is 2.97. The van der Waals surface area contributed by atoms with Crippen molar-refractivity contribution in [2.45, 2.75) is 11.2 Å². The number of alkyl halides is 3. The van der Waals surface area contributed by atoms with Gasteiger partial charge in [0.25, 0.3) is 0 Å². The van der Waals surface area contributed by atoms with Crippen molar-refractivity contribution in [3.05, 3.63) is 0 Å². The highest BCUT2D eigenvalue weighted by molar-refractivity contribution is 6.63. The summed E-state index contributed by atoms with van der Waals surface area (Å²) in [5, 5.41) is 0. The quantitative estimate of drug-likeness (QED) is 0.284. The Kier molecular flexibility index (Phi) is 11.4. The molecule has 60 valence electrons. The second-order valence-electron chi connectivity index (χ2n) is 0.953. The molecule has 0 saturated carbocycles. The second-order valence-corrected chi connectivity index (χ2v) is 2.93. The van der Waals surface area contributed by atoms with Gasteiger partial charge >= 0.3 is 12.4 Å². The molecule has 0 radical (unpaired) electrons. The lowest BCUT2D eigenvalue weighted by atomic mass is 10.8. The van der Waals surface area contributed by atoms with Gasteiger partial charge in [0.1, 0.15) is 0 Å². The number of carbonyl (C=O) groups excluding carboxylic acids is 2. The highest BCUT2D eigenvalue weighted by Crippen LogP contribution is 2.03. The number of esters is 1. The number of ether oxygens (including phenoxy) is 1. The third kappa shape index (κ3) is 43.4. The van der Waals surface area contributed by atoms with Crippen LogP contribution in [-0.2, 0) is 14.3 Å². The molecule has 0 atom stereocenters. The Hall–Kier alpha value is 0.01000. The molecule has 0 N–H and O–H groups in total. The van der Waals surface area contributed by atoms with Crippen LogP contribution in [0.2, 0.25) is 0 Å². The van der Waals surface area contributed by atoms with Gasteiger partial charge in [-0.25, -0.2) is 0 Å². The van der Waals surface area contributed by atoms with Gasteiger partial charge in [0, 0.05) is 6.92 Å². The predicted octanol–water partition coefficient (Wildman–Crippen LogP) is 1.69. The van der Waals surface area contributed by atoms with Crippen LogP contribution in [0.4, 0.5) is 0 Å². The molecular weight excluding hydrogens is 202 g/mol. The molecule has 0 spiro atoms. The smallest absolute Gasteiger partial charge is 0.310 e. The molecule has 0 bridgehead atoms. The summed E-state index contributed by atoms with van der Waals surface area (Å²) in [6.07, 6.45) is 0. The van der Waals surface area contributed by atoms with E-state index in [1.165, 1.54) is 0 Å². The van der Waals surface area contributed by atoms with Crippen molar-refractivity contribution in [2.24, 2.45) is 0 Å². The van der Waals surface area contributed by atoms with E-state index in [1.54, 1.807) is 0 Å². The first-order chi connectivity index (χ1) is 4.50. The summed E-state index contributed by atoms with van der Waals surface area (Å²) in [6, 6.07) is 0. The summed E-state index contributed by atoms with van der Waals surface area (Å²) in [5.41, 5.74) is 0. The van der Waals surface area contributed by atoms with E-state index in [0.717, 1.165) is 6.92 Å². The lowest BCUT2D eigenvalue weighted by molar-refractivity contribution is -0.149. The zero-order valence-corrected chi connectivity index (χ0v) is 7.28. The van der Waals surface area contributed by atoms with Gasteiger partial charge in [-0.1, -0.05) is 34.8 Å². The van der Waals surface area contributed by atoms with Crippen molar-refractivity contribution in [3.8, 4) is 0 Å². The Morgan fingerprint density at radius 2 is 1.80 bits per heavy atom. The first-order valence-electron chi connectivity index (χ1n) is 2.03. The zero-order valence-electron chi connectivity index (χ0n) is 5.01. The van der Waals surface area contributed by atoms with Crippen LogP contribution in [0, 0.1) is 0 Å².